The van der Waals surface area contributed by atoms with Crippen LogP contribution < -0.4 is 5.32 Å². The molecule has 21 heavy (non-hydrogen) atoms. The highest BCUT2D eigenvalue weighted by atomic mass is 19.1. The molecule has 0 atom stereocenters. The molecule has 1 saturated carbocycles. The number of anilines is 1. The third-order valence-electron chi connectivity index (χ3n) is 4.14. The van der Waals surface area contributed by atoms with Gasteiger partial charge in [0.05, 0.1) is 5.41 Å². The minimum absolute atomic E-state index is 0.106. The van der Waals surface area contributed by atoms with E-state index in [9.17, 15) is 14.3 Å². The molecule has 1 fully saturated rings. The summed E-state index contributed by atoms with van der Waals surface area (Å²) in [4.78, 5) is 12.6. The average molecular weight is 285 g/mol. The Labute approximate surface area is 122 Å². The smallest absolute Gasteiger partial charge is 0.235 e. The van der Waals surface area contributed by atoms with Crippen LogP contribution in [0.2, 0.25) is 0 Å². The SMILES string of the molecule is O=C(Nc1cccc(O)c1)C1(c2ccc(F)cc2)CCC1. The number of carbonyl (C=O) groups is 1. The second-order valence-electron chi connectivity index (χ2n) is 5.45. The van der Waals surface area contributed by atoms with Crippen molar-refractivity contribution in [3.63, 3.8) is 0 Å². The number of nitrogens with one attached hydrogen (secondary N) is 1. The lowest BCUT2D eigenvalue weighted by atomic mass is 9.64. The molecule has 1 amide bonds. The number of rotatable bonds is 3. The second kappa shape index (κ2) is 5.20. The highest BCUT2D eigenvalue weighted by Crippen LogP contribution is 2.44. The van der Waals surface area contributed by atoms with Crippen molar-refractivity contribution in [1.82, 2.24) is 0 Å². The summed E-state index contributed by atoms with van der Waals surface area (Å²) in [5, 5.41) is 12.3. The lowest BCUT2D eigenvalue weighted by Crippen LogP contribution is -2.46. The molecule has 2 N–H and O–H groups in total. The first-order chi connectivity index (χ1) is 10.1. The summed E-state index contributed by atoms with van der Waals surface area (Å²) in [7, 11) is 0. The molecule has 2 aromatic rings. The van der Waals surface area contributed by atoms with Gasteiger partial charge in [-0.2, -0.15) is 0 Å². The summed E-state index contributed by atoms with van der Waals surface area (Å²) in [5.74, 6) is -0.301. The predicted molar refractivity (Wildman–Crippen MR) is 78.7 cm³/mol. The molecule has 2 aromatic carbocycles. The first-order valence-corrected chi connectivity index (χ1v) is 6.97. The van der Waals surface area contributed by atoms with Crippen LogP contribution in [0.1, 0.15) is 24.8 Å². The van der Waals surface area contributed by atoms with Gasteiger partial charge in [0.15, 0.2) is 0 Å². The Morgan fingerprint density at radius 3 is 2.43 bits per heavy atom. The zero-order valence-corrected chi connectivity index (χ0v) is 11.5. The molecule has 0 radical (unpaired) electrons. The number of phenols is 1. The van der Waals surface area contributed by atoms with Crippen LogP contribution in [0.3, 0.4) is 0 Å². The standard InChI is InChI=1S/C17H16FNO2/c18-13-7-5-12(6-8-13)17(9-2-10-17)16(21)19-14-3-1-4-15(20)11-14/h1,3-8,11,20H,2,9-10H2,(H,19,21). The first-order valence-electron chi connectivity index (χ1n) is 6.97. The minimum Gasteiger partial charge on any atom is -0.508 e. The Bertz CT molecular complexity index is 663. The van der Waals surface area contributed by atoms with Gasteiger partial charge < -0.3 is 10.4 Å². The zero-order chi connectivity index (χ0) is 14.9. The average Bonchev–Trinajstić information content (AvgIpc) is 2.39. The molecular weight excluding hydrogens is 269 g/mol. The van der Waals surface area contributed by atoms with E-state index < -0.39 is 5.41 Å². The summed E-state index contributed by atoms with van der Waals surface area (Å²) in [6.45, 7) is 0. The minimum atomic E-state index is -0.584. The molecule has 0 aromatic heterocycles. The van der Waals surface area contributed by atoms with Gasteiger partial charge in [0.2, 0.25) is 5.91 Å². The molecule has 1 aliphatic rings. The van der Waals surface area contributed by atoms with Crippen LogP contribution in [-0.2, 0) is 10.2 Å². The number of carbonyl (C=O) groups excluding carboxylic acids is 1. The van der Waals surface area contributed by atoms with Gasteiger partial charge in [0.25, 0.3) is 0 Å². The van der Waals surface area contributed by atoms with Crippen LogP contribution in [0.4, 0.5) is 10.1 Å². The van der Waals surface area contributed by atoms with Gasteiger partial charge >= 0.3 is 0 Å². The maximum atomic E-state index is 13.1. The number of halogens is 1. The first kappa shape index (κ1) is 13.6. The van der Waals surface area contributed by atoms with Crippen molar-refractivity contribution in [2.24, 2.45) is 0 Å². The summed E-state index contributed by atoms with van der Waals surface area (Å²) in [5.41, 5.74) is 0.820. The highest BCUT2D eigenvalue weighted by Gasteiger charge is 2.45. The van der Waals surface area contributed by atoms with Gasteiger partial charge in [-0.1, -0.05) is 24.6 Å². The summed E-state index contributed by atoms with van der Waals surface area (Å²) >= 11 is 0. The molecule has 4 heteroatoms. The monoisotopic (exact) mass is 285 g/mol. The number of benzene rings is 2. The zero-order valence-electron chi connectivity index (χ0n) is 11.5. The van der Waals surface area contributed by atoms with Gasteiger partial charge in [-0.3, -0.25) is 4.79 Å². The Kier molecular flexibility index (Phi) is 3.37. The van der Waals surface area contributed by atoms with Crippen molar-refractivity contribution in [3.05, 3.63) is 59.9 Å². The maximum Gasteiger partial charge on any atom is 0.235 e. The van der Waals surface area contributed by atoms with E-state index in [1.54, 1.807) is 30.3 Å². The molecule has 0 heterocycles. The number of amides is 1. The third-order valence-corrected chi connectivity index (χ3v) is 4.14. The van der Waals surface area contributed by atoms with Crippen molar-refractivity contribution < 1.29 is 14.3 Å². The van der Waals surface area contributed by atoms with Gasteiger partial charge in [-0.15, -0.1) is 0 Å². The quantitative estimate of drug-likeness (QED) is 0.905. The fourth-order valence-electron chi connectivity index (χ4n) is 2.78. The van der Waals surface area contributed by atoms with E-state index in [4.69, 9.17) is 0 Å². The van der Waals surface area contributed by atoms with Gasteiger partial charge in [-0.05, 0) is 42.7 Å². The Morgan fingerprint density at radius 2 is 1.86 bits per heavy atom. The van der Waals surface area contributed by atoms with Gasteiger partial charge in [0.1, 0.15) is 11.6 Å². The molecule has 0 aliphatic heterocycles. The van der Waals surface area contributed by atoms with E-state index in [-0.39, 0.29) is 17.5 Å². The summed E-state index contributed by atoms with van der Waals surface area (Å²) < 4.78 is 13.1. The number of hydrogen-bond donors (Lipinski definition) is 2. The van der Waals surface area contributed by atoms with E-state index >= 15 is 0 Å². The lowest BCUT2D eigenvalue weighted by molar-refractivity contribution is -0.124. The summed E-state index contributed by atoms with van der Waals surface area (Å²) in [6.07, 6.45) is 2.48. The van der Waals surface area contributed by atoms with Crippen LogP contribution in [0.25, 0.3) is 0 Å². The normalized spacial score (nSPS) is 16.0. The van der Waals surface area contributed by atoms with Crippen molar-refractivity contribution in [3.8, 4) is 5.75 Å². The molecular formula is C17H16FNO2. The molecule has 3 rings (SSSR count). The fraction of sp³-hybridized carbons (Fsp3) is 0.235. The molecule has 0 bridgehead atoms. The van der Waals surface area contributed by atoms with Crippen molar-refractivity contribution in [1.29, 1.82) is 0 Å². The van der Waals surface area contributed by atoms with Crippen LogP contribution >= 0.6 is 0 Å². The highest BCUT2D eigenvalue weighted by molar-refractivity contribution is 6.00. The number of aromatic hydroxyl groups is 1. The fourth-order valence-corrected chi connectivity index (χ4v) is 2.78. The van der Waals surface area contributed by atoms with Crippen LogP contribution in [0, 0.1) is 5.82 Å². The molecule has 0 unspecified atom stereocenters. The third kappa shape index (κ3) is 2.49. The van der Waals surface area contributed by atoms with E-state index in [2.05, 4.69) is 5.32 Å². The topological polar surface area (TPSA) is 49.3 Å². The predicted octanol–water partition coefficient (Wildman–Crippen LogP) is 3.59. The molecule has 1 aliphatic carbocycles. The molecule has 0 spiro atoms. The Hall–Kier alpha value is -2.36. The van der Waals surface area contributed by atoms with Crippen LogP contribution in [0.15, 0.2) is 48.5 Å². The summed E-state index contributed by atoms with van der Waals surface area (Å²) in [6, 6.07) is 12.6. The van der Waals surface area contributed by atoms with E-state index in [0.29, 0.717) is 5.69 Å². The molecule has 108 valence electrons. The second-order valence-corrected chi connectivity index (χ2v) is 5.45. The van der Waals surface area contributed by atoms with Crippen molar-refractivity contribution >= 4 is 11.6 Å². The maximum absolute atomic E-state index is 13.1. The molecule has 0 saturated heterocycles. The van der Waals surface area contributed by atoms with E-state index in [1.165, 1.54) is 18.2 Å². The van der Waals surface area contributed by atoms with Crippen molar-refractivity contribution in [2.45, 2.75) is 24.7 Å². The lowest BCUT2D eigenvalue weighted by Gasteiger charge is -2.40. The number of hydrogen-bond acceptors (Lipinski definition) is 2. The van der Waals surface area contributed by atoms with Crippen LogP contribution in [0.5, 0.6) is 5.75 Å². The Morgan fingerprint density at radius 1 is 1.14 bits per heavy atom. The Balaban J connectivity index is 1.85. The van der Waals surface area contributed by atoms with Crippen molar-refractivity contribution in [2.75, 3.05) is 5.32 Å². The van der Waals surface area contributed by atoms with Gasteiger partial charge in [0, 0.05) is 11.8 Å². The largest absolute Gasteiger partial charge is 0.508 e. The van der Waals surface area contributed by atoms with E-state index in [0.717, 1.165) is 24.8 Å². The molecule has 3 nitrogen and oxygen atoms in total. The van der Waals surface area contributed by atoms with Crippen LogP contribution in [-0.4, -0.2) is 11.0 Å². The number of phenolic OH excluding ortho intramolecular Hbond substituents is 1. The van der Waals surface area contributed by atoms with E-state index in [1.807, 2.05) is 0 Å². The van der Waals surface area contributed by atoms with Gasteiger partial charge in [-0.25, -0.2) is 4.39 Å².